The number of nitrogen functional groups attached to an aromatic ring is 2. The standard InChI is InChI=1S/C10H10N6/c11-7-2-3-9(8(12)6-7)15-16-10-13-4-1-5-14-10/h1-6H,11-12H2/b16-15+. The summed E-state index contributed by atoms with van der Waals surface area (Å²) in [5.74, 6) is 0.290. The molecule has 0 spiro atoms. The lowest BCUT2D eigenvalue weighted by molar-refractivity contribution is 1.07. The van der Waals surface area contributed by atoms with E-state index >= 15 is 0 Å². The third kappa shape index (κ3) is 2.30. The fraction of sp³-hybridized carbons (Fsp3) is 0. The molecule has 0 atom stereocenters. The largest absolute Gasteiger partial charge is 0.399 e. The van der Waals surface area contributed by atoms with Gasteiger partial charge in [-0.3, -0.25) is 0 Å². The minimum absolute atomic E-state index is 0.290. The zero-order valence-corrected chi connectivity index (χ0v) is 8.41. The quantitative estimate of drug-likeness (QED) is 0.589. The highest BCUT2D eigenvalue weighted by molar-refractivity contribution is 5.67. The van der Waals surface area contributed by atoms with Gasteiger partial charge in [0.05, 0.1) is 5.69 Å². The molecule has 0 amide bonds. The summed E-state index contributed by atoms with van der Waals surface area (Å²) in [5.41, 5.74) is 12.9. The number of aromatic nitrogens is 2. The normalized spacial score (nSPS) is 10.8. The Hall–Kier alpha value is -2.50. The molecule has 0 radical (unpaired) electrons. The van der Waals surface area contributed by atoms with Gasteiger partial charge in [0.2, 0.25) is 0 Å². The van der Waals surface area contributed by atoms with E-state index in [0.29, 0.717) is 23.0 Å². The van der Waals surface area contributed by atoms with Crippen molar-refractivity contribution < 1.29 is 0 Å². The fourth-order valence-electron chi connectivity index (χ4n) is 1.11. The predicted molar refractivity (Wildman–Crippen MR) is 61.5 cm³/mol. The van der Waals surface area contributed by atoms with Gasteiger partial charge in [0.25, 0.3) is 5.95 Å². The summed E-state index contributed by atoms with van der Waals surface area (Å²) < 4.78 is 0. The van der Waals surface area contributed by atoms with Crippen molar-refractivity contribution in [3.05, 3.63) is 36.7 Å². The number of nitrogens with zero attached hydrogens (tertiary/aromatic N) is 4. The summed E-state index contributed by atoms with van der Waals surface area (Å²) in [7, 11) is 0. The number of azo groups is 1. The number of hydrogen-bond acceptors (Lipinski definition) is 6. The van der Waals surface area contributed by atoms with Crippen molar-refractivity contribution >= 4 is 23.0 Å². The lowest BCUT2D eigenvalue weighted by atomic mass is 10.2. The summed E-state index contributed by atoms with van der Waals surface area (Å²) >= 11 is 0. The number of hydrogen-bond donors (Lipinski definition) is 2. The first-order chi connectivity index (χ1) is 7.75. The van der Waals surface area contributed by atoms with Gasteiger partial charge in [0.1, 0.15) is 5.69 Å². The first-order valence-corrected chi connectivity index (χ1v) is 4.59. The zero-order valence-electron chi connectivity index (χ0n) is 8.41. The van der Waals surface area contributed by atoms with E-state index in [1.54, 1.807) is 36.7 Å². The van der Waals surface area contributed by atoms with Gasteiger partial charge < -0.3 is 11.5 Å². The van der Waals surface area contributed by atoms with Crippen LogP contribution in [-0.2, 0) is 0 Å². The molecule has 16 heavy (non-hydrogen) atoms. The van der Waals surface area contributed by atoms with E-state index in [4.69, 9.17) is 11.5 Å². The summed E-state index contributed by atoms with van der Waals surface area (Å²) in [6, 6.07) is 6.73. The Bertz CT molecular complexity index is 508. The van der Waals surface area contributed by atoms with Gasteiger partial charge in [-0.2, -0.15) is 0 Å². The van der Waals surface area contributed by atoms with Crippen LogP contribution in [0.25, 0.3) is 0 Å². The second kappa shape index (κ2) is 4.35. The van der Waals surface area contributed by atoms with Crippen LogP contribution >= 0.6 is 0 Å². The van der Waals surface area contributed by atoms with Crippen LogP contribution in [0.15, 0.2) is 46.9 Å². The second-order valence-corrected chi connectivity index (χ2v) is 3.07. The lowest BCUT2D eigenvalue weighted by Crippen LogP contribution is -1.89. The minimum atomic E-state index is 0.290. The van der Waals surface area contributed by atoms with Crippen molar-refractivity contribution in [2.75, 3.05) is 11.5 Å². The maximum atomic E-state index is 5.71. The van der Waals surface area contributed by atoms with Crippen LogP contribution in [0.2, 0.25) is 0 Å². The van der Waals surface area contributed by atoms with Gasteiger partial charge in [-0.25, -0.2) is 9.97 Å². The SMILES string of the molecule is Nc1ccc(/N=N/c2ncccn2)c(N)c1. The zero-order chi connectivity index (χ0) is 11.4. The Kier molecular flexibility index (Phi) is 2.73. The molecule has 1 aromatic heterocycles. The molecule has 0 fully saturated rings. The Morgan fingerprint density at radius 1 is 1.00 bits per heavy atom. The van der Waals surface area contributed by atoms with Crippen molar-refractivity contribution in [2.45, 2.75) is 0 Å². The molecule has 2 aromatic rings. The van der Waals surface area contributed by atoms with E-state index < -0.39 is 0 Å². The summed E-state index contributed by atoms with van der Waals surface area (Å²) in [6.45, 7) is 0. The third-order valence-corrected chi connectivity index (χ3v) is 1.85. The molecule has 80 valence electrons. The molecule has 6 heteroatoms. The number of rotatable bonds is 2. The molecule has 0 unspecified atom stereocenters. The lowest BCUT2D eigenvalue weighted by Gasteiger charge is -1.99. The molecule has 1 heterocycles. The van der Waals surface area contributed by atoms with Crippen LogP contribution in [0, 0.1) is 0 Å². The maximum Gasteiger partial charge on any atom is 0.268 e. The Labute approximate surface area is 92.1 Å². The molecule has 6 nitrogen and oxygen atoms in total. The van der Waals surface area contributed by atoms with Crippen LogP contribution in [0.4, 0.5) is 23.0 Å². The molecule has 4 N–H and O–H groups in total. The van der Waals surface area contributed by atoms with E-state index in [1.807, 2.05) is 0 Å². The minimum Gasteiger partial charge on any atom is -0.399 e. The highest BCUT2D eigenvalue weighted by atomic mass is 15.2. The van der Waals surface area contributed by atoms with Crippen molar-refractivity contribution in [1.82, 2.24) is 9.97 Å². The molecule has 1 aromatic carbocycles. The van der Waals surface area contributed by atoms with E-state index in [9.17, 15) is 0 Å². The molecule has 2 rings (SSSR count). The third-order valence-electron chi connectivity index (χ3n) is 1.85. The van der Waals surface area contributed by atoms with Crippen molar-refractivity contribution in [1.29, 1.82) is 0 Å². The van der Waals surface area contributed by atoms with E-state index in [0.717, 1.165) is 0 Å². The van der Waals surface area contributed by atoms with Crippen LogP contribution in [0.1, 0.15) is 0 Å². The van der Waals surface area contributed by atoms with Crippen LogP contribution < -0.4 is 11.5 Å². The average Bonchev–Trinajstić information content (AvgIpc) is 2.29. The molecular weight excluding hydrogens is 204 g/mol. The number of benzene rings is 1. The average molecular weight is 214 g/mol. The first-order valence-electron chi connectivity index (χ1n) is 4.59. The molecule has 0 bridgehead atoms. The van der Waals surface area contributed by atoms with E-state index in [2.05, 4.69) is 20.2 Å². The van der Waals surface area contributed by atoms with Crippen LogP contribution in [0.3, 0.4) is 0 Å². The summed E-state index contributed by atoms with van der Waals surface area (Å²) in [6.07, 6.45) is 3.18. The van der Waals surface area contributed by atoms with Gasteiger partial charge in [-0.15, -0.1) is 10.2 Å². The van der Waals surface area contributed by atoms with Crippen molar-refractivity contribution in [3.63, 3.8) is 0 Å². The van der Waals surface area contributed by atoms with Gasteiger partial charge in [0, 0.05) is 18.1 Å². The maximum absolute atomic E-state index is 5.71. The highest BCUT2D eigenvalue weighted by Crippen LogP contribution is 2.25. The summed E-state index contributed by atoms with van der Waals surface area (Å²) in [4.78, 5) is 7.81. The molecular formula is C10H10N6. The number of anilines is 2. The highest BCUT2D eigenvalue weighted by Gasteiger charge is 1.97. The molecule has 0 saturated heterocycles. The number of nitrogens with two attached hydrogens (primary N) is 2. The Morgan fingerprint density at radius 2 is 1.75 bits per heavy atom. The smallest absolute Gasteiger partial charge is 0.268 e. The van der Waals surface area contributed by atoms with Gasteiger partial charge in [-0.05, 0) is 24.3 Å². The monoisotopic (exact) mass is 214 g/mol. The van der Waals surface area contributed by atoms with E-state index in [-0.39, 0.29) is 0 Å². The molecule has 0 saturated carbocycles. The summed E-state index contributed by atoms with van der Waals surface area (Å²) in [5, 5.41) is 7.79. The topological polar surface area (TPSA) is 103 Å². The van der Waals surface area contributed by atoms with Gasteiger partial charge >= 0.3 is 0 Å². The van der Waals surface area contributed by atoms with Crippen molar-refractivity contribution in [3.8, 4) is 0 Å². The van der Waals surface area contributed by atoms with Gasteiger partial charge in [0.15, 0.2) is 0 Å². The molecule has 0 aliphatic carbocycles. The molecule has 0 aliphatic heterocycles. The van der Waals surface area contributed by atoms with Gasteiger partial charge in [-0.1, -0.05) is 0 Å². The molecule has 0 aliphatic rings. The Balaban J connectivity index is 2.24. The first kappa shape index (κ1) is 10.0. The van der Waals surface area contributed by atoms with Crippen LogP contribution in [-0.4, -0.2) is 9.97 Å². The second-order valence-electron chi connectivity index (χ2n) is 3.07. The fourth-order valence-corrected chi connectivity index (χ4v) is 1.11. The van der Waals surface area contributed by atoms with Crippen molar-refractivity contribution in [2.24, 2.45) is 10.2 Å². The predicted octanol–water partition coefficient (Wildman–Crippen LogP) is 2.06. The van der Waals surface area contributed by atoms with Crippen LogP contribution in [0.5, 0.6) is 0 Å². The van der Waals surface area contributed by atoms with E-state index in [1.165, 1.54) is 0 Å². The Morgan fingerprint density at radius 3 is 2.44 bits per heavy atom.